The Morgan fingerprint density at radius 1 is 0.792 bits per heavy atom. The summed E-state index contributed by atoms with van der Waals surface area (Å²) in [6.07, 6.45) is -4.22. The summed E-state index contributed by atoms with van der Waals surface area (Å²) in [6.45, 7) is 4.47. The van der Waals surface area contributed by atoms with Crippen LogP contribution in [0.15, 0.2) is 0 Å². The van der Waals surface area contributed by atoms with Gasteiger partial charge in [-0.25, -0.2) is 0 Å². The van der Waals surface area contributed by atoms with Gasteiger partial charge >= 0.3 is 23.9 Å². The summed E-state index contributed by atoms with van der Waals surface area (Å²) >= 11 is 3.18. The molecule has 1 saturated heterocycles. The van der Waals surface area contributed by atoms with E-state index in [1.54, 1.807) is 0 Å². The van der Waals surface area contributed by atoms with Crippen LogP contribution in [-0.4, -0.2) is 59.9 Å². The van der Waals surface area contributed by atoms with Gasteiger partial charge in [-0.3, -0.25) is 19.2 Å². The fourth-order valence-electron chi connectivity index (χ4n) is 2.18. The largest absolute Gasteiger partial charge is 0.463 e. The SMILES string of the molecule is CC(=O)OCC1O[C@@H](Br)C(OC(C)=O)[C@H](OC(C)=O)[C@H]1OC(C)=O. The zero-order valence-corrected chi connectivity index (χ0v) is 15.2. The van der Waals surface area contributed by atoms with Gasteiger partial charge in [0.2, 0.25) is 0 Å². The summed E-state index contributed by atoms with van der Waals surface area (Å²) in [5, 5.41) is -0.863. The summed E-state index contributed by atoms with van der Waals surface area (Å²) in [5.41, 5.74) is 0. The molecule has 0 amide bonds. The Morgan fingerprint density at radius 3 is 1.71 bits per heavy atom. The van der Waals surface area contributed by atoms with Gasteiger partial charge in [-0.2, -0.15) is 0 Å². The van der Waals surface area contributed by atoms with Crippen LogP contribution in [0.2, 0.25) is 0 Å². The Labute approximate surface area is 147 Å². The average Bonchev–Trinajstić information content (AvgIpc) is 2.42. The maximum atomic E-state index is 11.4. The fourth-order valence-corrected chi connectivity index (χ4v) is 2.86. The van der Waals surface area contributed by atoms with Gasteiger partial charge in [0.05, 0.1) is 0 Å². The van der Waals surface area contributed by atoms with Crippen molar-refractivity contribution in [2.75, 3.05) is 6.61 Å². The third-order valence-corrected chi connectivity index (χ3v) is 3.67. The number of esters is 4. The molecule has 2 unspecified atom stereocenters. The molecule has 0 aliphatic carbocycles. The molecule has 0 bridgehead atoms. The predicted molar refractivity (Wildman–Crippen MR) is 80.9 cm³/mol. The second-order valence-corrected chi connectivity index (χ2v) is 5.95. The smallest absolute Gasteiger partial charge is 0.303 e. The van der Waals surface area contributed by atoms with Crippen molar-refractivity contribution in [3.05, 3.63) is 0 Å². The number of rotatable bonds is 5. The van der Waals surface area contributed by atoms with Gasteiger partial charge in [-0.05, 0) is 0 Å². The maximum Gasteiger partial charge on any atom is 0.303 e. The average molecular weight is 411 g/mol. The third kappa shape index (κ3) is 6.08. The lowest BCUT2D eigenvalue weighted by Gasteiger charge is -2.42. The number of hydrogen-bond acceptors (Lipinski definition) is 9. The summed E-state index contributed by atoms with van der Waals surface area (Å²) in [5.74, 6) is -2.52. The molecule has 0 aromatic heterocycles. The highest BCUT2D eigenvalue weighted by Gasteiger charge is 2.51. The van der Waals surface area contributed by atoms with Crippen molar-refractivity contribution in [2.45, 2.75) is 57.1 Å². The van der Waals surface area contributed by atoms with Crippen molar-refractivity contribution >= 4 is 39.8 Å². The molecule has 9 nitrogen and oxygen atoms in total. The number of ether oxygens (including phenoxy) is 5. The van der Waals surface area contributed by atoms with E-state index in [-0.39, 0.29) is 6.61 Å². The Bertz CT molecular complexity index is 506. The van der Waals surface area contributed by atoms with Crippen LogP contribution in [-0.2, 0) is 42.9 Å². The zero-order valence-electron chi connectivity index (χ0n) is 13.6. The molecule has 5 atom stereocenters. The van der Waals surface area contributed by atoms with Crippen LogP contribution in [0, 0.1) is 0 Å². The molecular formula is C14H19BrO9. The topological polar surface area (TPSA) is 114 Å². The van der Waals surface area contributed by atoms with Crippen LogP contribution in [0.5, 0.6) is 0 Å². The molecule has 1 fully saturated rings. The first-order valence-corrected chi connectivity index (χ1v) is 7.98. The van der Waals surface area contributed by atoms with E-state index >= 15 is 0 Å². The van der Waals surface area contributed by atoms with E-state index < -0.39 is 53.3 Å². The first kappa shape index (κ1) is 20.4. The van der Waals surface area contributed by atoms with Crippen LogP contribution in [0.25, 0.3) is 0 Å². The van der Waals surface area contributed by atoms with Crippen LogP contribution in [0.3, 0.4) is 0 Å². The number of halogens is 1. The summed E-state index contributed by atoms with van der Waals surface area (Å²) in [4.78, 5) is 45.1. The van der Waals surface area contributed by atoms with Gasteiger partial charge in [0.25, 0.3) is 0 Å². The van der Waals surface area contributed by atoms with Crippen LogP contribution >= 0.6 is 15.9 Å². The third-order valence-electron chi connectivity index (χ3n) is 2.93. The first-order chi connectivity index (χ1) is 11.1. The minimum atomic E-state index is -1.13. The summed E-state index contributed by atoms with van der Waals surface area (Å²) in [7, 11) is 0. The molecule has 1 aliphatic rings. The second-order valence-electron chi connectivity index (χ2n) is 5.05. The van der Waals surface area contributed by atoms with Gasteiger partial charge in [0.15, 0.2) is 23.3 Å². The zero-order chi connectivity index (χ0) is 18.4. The van der Waals surface area contributed by atoms with Crippen molar-refractivity contribution in [3.63, 3.8) is 0 Å². The van der Waals surface area contributed by atoms with E-state index in [1.807, 2.05) is 0 Å². The minimum Gasteiger partial charge on any atom is -0.463 e. The monoisotopic (exact) mass is 410 g/mol. The molecule has 0 aromatic carbocycles. The van der Waals surface area contributed by atoms with Crippen LogP contribution in [0.4, 0.5) is 0 Å². The molecular weight excluding hydrogens is 392 g/mol. The van der Waals surface area contributed by atoms with Gasteiger partial charge in [0, 0.05) is 27.7 Å². The van der Waals surface area contributed by atoms with Crippen LogP contribution in [0.1, 0.15) is 27.7 Å². The van der Waals surface area contributed by atoms with Crippen molar-refractivity contribution in [2.24, 2.45) is 0 Å². The molecule has 0 saturated carbocycles. The van der Waals surface area contributed by atoms with Crippen molar-refractivity contribution in [3.8, 4) is 0 Å². The molecule has 0 aromatic rings. The Hall–Kier alpha value is -1.68. The highest BCUT2D eigenvalue weighted by Crippen LogP contribution is 2.31. The van der Waals surface area contributed by atoms with E-state index in [2.05, 4.69) is 15.9 Å². The Morgan fingerprint density at radius 2 is 1.25 bits per heavy atom. The molecule has 0 radical (unpaired) electrons. The second kappa shape index (κ2) is 8.97. The van der Waals surface area contributed by atoms with Crippen molar-refractivity contribution in [1.82, 2.24) is 0 Å². The molecule has 10 heteroatoms. The lowest BCUT2D eigenvalue weighted by molar-refractivity contribution is -0.236. The van der Waals surface area contributed by atoms with E-state index in [9.17, 15) is 19.2 Å². The minimum absolute atomic E-state index is 0.236. The molecule has 0 spiro atoms. The van der Waals surface area contributed by atoms with Crippen molar-refractivity contribution < 1.29 is 42.9 Å². The lowest BCUT2D eigenvalue weighted by Crippen LogP contribution is -2.60. The van der Waals surface area contributed by atoms with Gasteiger partial charge in [0.1, 0.15) is 12.7 Å². The van der Waals surface area contributed by atoms with Gasteiger partial charge in [-0.1, -0.05) is 15.9 Å². The molecule has 1 rings (SSSR count). The molecule has 0 N–H and O–H groups in total. The van der Waals surface area contributed by atoms with Crippen LogP contribution < -0.4 is 0 Å². The molecule has 136 valence electrons. The number of alkyl halides is 1. The van der Waals surface area contributed by atoms with E-state index in [0.29, 0.717) is 0 Å². The predicted octanol–water partition coefficient (Wildman–Crippen LogP) is 0.464. The van der Waals surface area contributed by atoms with Gasteiger partial charge in [-0.15, -0.1) is 0 Å². The highest BCUT2D eigenvalue weighted by molar-refractivity contribution is 9.09. The normalized spacial score (nSPS) is 29.3. The number of hydrogen-bond donors (Lipinski definition) is 0. The Balaban J connectivity index is 3.11. The standard InChI is InChI=1S/C14H19BrO9/c1-6(16)20-5-10-11(21-7(2)17)12(22-8(3)18)13(14(15)24-10)23-9(4)19/h10-14H,5H2,1-4H3/t10?,11-,12+,13?,14+/m0/s1. The van der Waals surface area contributed by atoms with Crippen molar-refractivity contribution in [1.29, 1.82) is 0 Å². The number of carbonyl (C=O) groups is 4. The van der Waals surface area contributed by atoms with E-state index in [0.717, 1.165) is 13.8 Å². The Kier molecular flexibility index (Phi) is 7.61. The lowest BCUT2D eigenvalue weighted by atomic mass is 9.99. The first-order valence-electron chi connectivity index (χ1n) is 7.06. The van der Waals surface area contributed by atoms with E-state index in [4.69, 9.17) is 23.7 Å². The van der Waals surface area contributed by atoms with Gasteiger partial charge < -0.3 is 23.7 Å². The highest BCUT2D eigenvalue weighted by atomic mass is 79.9. The maximum absolute atomic E-state index is 11.4. The number of carbonyl (C=O) groups excluding carboxylic acids is 4. The fraction of sp³-hybridized carbons (Fsp3) is 0.714. The molecule has 24 heavy (non-hydrogen) atoms. The van der Waals surface area contributed by atoms with E-state index in [1.165, 1.54) is 13.8 Å². The molecule has 1 aliphatic heterocycles. The summed E-state index contributed by atoms with van der Waals surface area (Å²) in [6, 6.07) is 0. The quantitative estimate of drug-likeness (QED) is 0.362. The molecule has 1 heterocycles. The summed E-state index contributed by atoms with van der Waals surface area (Å²) < 4.78 is 25.9.